The number of nitrogens with one attached hydrogen (secondary N) is 4. The number of aromatic nitrogens is 1. The summed E-state index contributed by atoms with van der Waals surface area (Å²) in [7, 11) is 0. The maximum Gasteiger partial charge on any atom is 0.267 e. The Morgan fingerprint density at radius 1 is 1.11 bits per heavy atom. The Kier molecular flexibility index (Phi) is 5.15. The molecule has 1 aliphatic rings. The molecule has 4 rings (SSSR count). The van der Waals surface area contributed by atoms with Crippen LogP contribution in [0.4, 0.5) is 0 Å². The predicted octanol–water partition coefficient (Wildman–Crippen LogP) is 2.69. The third-order valence-electron chi connectivity index (χ3n) is 4.49. The summed E-state index contributed by atoms with van der Waals surface area (Å²) in [5, 5.41) is 10.5. The second-order valence-electron chi connectivity index (χ2n) is 6.41. The van der Waals surface area contributed by atoms with Crippen LogP contribution in [-0.4, -0.2) is 36.4 Å². The monoisotopic (exact) mass is 402 g/mol. The van der Waals surface area contributed by atoms with Crippen LogP contribution in [0.1, 0.15) is 30.6 Å². The Morgan fingerprint density at radius 3 is 2.74 bits per heavy atom. The second-order valence-corrected chi connectivity index (χ2v) is 7.99. The molecule has 0 spiro atoms. The van der Waals surface area contributed by atoms with Crippen molar-refractivity contribution in [3.05, 3.63) is 56.4 Å². The standard InChI is InChI=1S/C19H19ClN4O2S/c20-13-1-2-14-11(7-13)8-15(24-14)18(25)22-5-6-23-19(26)17-9-12-10-21-4-3-16(12)27-17/h1-2,7-9,21,24H,3-6,10H2,(H,22,25)(H,23,26). The van der Waals surface area contributed by atoms with Crippen molar-refractivity contribution in [2.45, 2.75) is 13.0 Å². The largest absolute Gasteiger partial charge is 0.351 e. The molecule has 0 atom stereocenters. The number of hydrogen-bond acceptors (Lipinski definition) is 4. The molecular formula is C19H19ClN4O2S. The highest BCUT2D eigenvalue weighted by atomic mass is 35.5. The minimum absolute atomic E-state index is 0.0936. The first-order valence-corrected chi connectivity index (χ1v) is 9.96. The molecular weight excluding hydrogens is 384 g/mol. The third-order valence-corrected chi connectivity index (χ3v) is 5.96. The number of thiophene rings is 1. The van der Waals surface area contributed by atoms with Gasteiger partial charge in [0.1, 0.15) is 5.69 Å². The summed E-state index contributed by atoms with van der Waals surface area (Å²) in [6, 6.07) is 9.14. The van der Waals surface area contributed by atoms with Crippen molar-refractivity contribution in [2.24, 2.45) is 0 Å². The van der Waals surface area contributed by atoms with Crippen LogP contribution in [0.5, 0.6) is 0 Å². The van der Waals surface area contributed by atoms with Crippen molar-refractivity contribution in [1.82, 2.24) is 20.9 Å². The van der Waals surface area contributed by atoms with Gasteiger partial charge in [0.25, 0.3) is 11.8 Å². The minimum Gasteiger partial charge on any atom is -0.351 e. The van der Waals surface area contributed by atoms with E-state index in [9.17, 15) is 9.59 Å². The van der Waals surface area contributed by atoms with Gasteiger partial charge in [-0.15, -0.1) is 11.3 Å². The van der Waals surface area contributed by atoms with Crippen LogP contribution in [0.15, 0.2) is 30.3 Å². The van der Waals surface area contributed by atoms with Gasteiger partial charge in [-0.3, -0.25) is 9.59 Å². The molecule has 1 aromatic carbocycles. The maximum atomic E-state index is 12.3. The Bertz CT molecular complexity index is 987. The molecule has 3 aromatic rings. The van der Waals surface area contributed by atoms with Crippen molar-refractivity contribution < 1.29 is 9.59 Å². The molecule has 0 saturated heterocycles. The van der Waals surface area contributed by atoms with Crippen molar-refractivity contribution >= 4 is 45.7 Å². The fourth-order valence-corrected chi connectivity index (χ4v) is 4.40. The molecule has 3 heterocycles. The average molecular weight is 403 g/mol. The lowest BCUT2D eigenvalue weighted by atomic mass is 10.1. The van der Waals surface area contributed by atoms with Crippen molar-refractivity contribution in [1.29, 1.82) is 0 Å². The topological polar surface area (TPSA) is 86.0 Å². The van der Waals surface area contributed by atoms with Crippen LogP contribution in [-0.2, 0) is 13.0 Å². The average Bonchev–Trinajstić information content (AvgIpc) is 3.28. The molecule has 0 fully saturated rings. The van der Waals surface area contributed by atoms with E-state index in [1.54, 1.807) is 29.5 Å². The van der Waals surface area contributed by atoms with Gasteiger partial charge in [-0.05, 0) is 42.3 Å². The molecule has 0 radical (unpaired) electrons. The minimum atomic E-state index is -0.214. The number of carbonyl (C=O) groups is 2. The highest BCUT2D eigenvalue weighted by Gasteiger charge is 2.17. The number of benzene rings is 1. The van der Waals surface area contributed by atoms with Crippen molar-refractivity contribution in [2.75, 3.05) is 19.6 Å². The van der Waals surface area contributed by atoms with Gasteiger partial charge in [-0.2, -0.15) is 0 Å². The first kappa shape index (κ1) is 18.0. The zero-order valence-electron chi connectivity index (χ0n) is 14.5. The van der Waals surface area contributed by atoms with Gasteiger partial charge in [0.05, 0.1) is 4.88 Å². The number of hydrogen-bond donors (Lipinski definition) is 4. The summed E-state index contributed by atoms with van der Waals surface area (Å²) in [5.41, 5.74) is 2.54. The molecule has 0 aliphatic carbocycles. The molecule has 27 heavy (non-hydrogen) atoms. The maximum absolute atomic E-state index is 12.3. The molecule has 8 heteroatoms. The molecule has 140 valence electrons. The quantitative estimate of drug-likeness (QED) is 0.495. The van der Waals surface area contributed by atoms with Gasteiger partial charge in [0.2, 0.25) is 0 Å². The van der Waals surface area contributed by atoms with Crippen LogP contribution < -0.4 is 16.0 Å². The van der Waals surface area contributed by atoms with E-state index in [-0.39, 0.29) is 11.8 Å². The number of fused-ring (bicyclic) bond motifs is 2. The highest BCUT2D eigenvalue weighted by Crippen LogP contribution is 2.25. The lowest BCUT2D eigenvalue weighted by molar-refractivity contribution is 0.0927. The molecule has 0 saturated carbocycles. The predicted molar refractivity (Wildman–Crippen MR) is 108 cm³/mol. The summed E-state index contributed by atoms with van der Waals surface area (Å²) >= 11 is 7.52. The van der Waals surface area contributed by atoms with Gasteiger partial charge >= 0.3 is 0 Å². The SMILES string of the molecule is O=C(NCCNC(=O)c1cc2c(s1)CCNC2)c1cc2cc(Cl)ccc2[nH]1. The summed E-state index contributed by atoms with van der Waals surface area (Å²) in [5.74, 6) is -0.307. The molecule has 2 aromatic heterocycles. The summed E-state index contributed by atoms with van der Waals surface area (Å²) < 4.78 is 0. The number of rotatable bonds is 5. The van der Waals surface area contributed by atoms with Crippen LogP contribution in [0.2, 0.25) is 5.02 Å². The van der Waals surface area contributed by atoms with Crippen LogP contribution in [0.3, 0.4) is 0 Å². The Labute approximate surface area is 165 Å². The smallest absolute Gasteiger partial charge is 0.267 e. The van der Waals surface area contributed by atoms with E-state index in [2.05, 4.69) is 20.9 Å². The number of halogens is 1. The van der Waals surface area contributed by atoms with Gasteiger partial charge in [0.15, 0.2) is 0 Å². The Hall–Kier alpha value is -2.35. The molecule has 6 nitrogen and oxygen atoms in total. The lowest BCUT2D eigenvalue weighted by Crippen LogP contribution is -2.34. The van der Waals surface area contributed by atoms with E-state index < -0.39 is 0 Å². The van der Waals surface area contributed by atoms with E-state index in [0.29, 0.717) is 23.8 Å². The van der Waals surface area contributed by atoms with E-state index in [4.69, 9.17) is 11.6 Å². The number of carbonyl (C=O) groups excluding carboxylic acids is 2. The molecule has 4 N–H and O–H groups in total. The van der Waals surface area contributed by atoms with Gasteiger partial charge in [-0.1, -0.05) is 11.6 Å². The first-order valence-electron chi connectivity index (χ1n) is 8.77. The highest BCUT2D eigenvalue weighted by molar-refractivity contribution is 7.14. The van der Waals surface area contributed by atoms with E-state index in [1.165, 1.54) is 10.4 Å². The summed E-state index contributed by atoms with van der Waals surface area (Å²) in [4.78, 5) is 29.6. The third kappa shape index (κ3) is 4.00. The summed E-state index contributed by atoms with van der Waals surface area (Å²) in [6.45, 7) is 2.51. The van der Waals surface area contributed by atoms with Gasteiger partial charge < -0.3 is 20.9 Å². The zero-order valence-corrected chi connectivity index (χ0v) is 16.1. The van der Waals surface area contributed by atoms with Crippen molar-refractivity contribution in [3.63, 3.8) is 0 Å². The van der Waals surface area contributed by atoms with E-state index >= 15 is 0 Å². The van der Waals surface area contributed by atoms with E-state index in [1.807, 2.05) is 12.1 Å². The van der Waals surface area contributed by atoms with Crippen LogP contribution in [0.25, 0.3) is 10.9 Å². The first-order chi connectivity index (χ1) is 13.1. The summed E-state index contributed by atoms with van der Waals surface area (Å²) in [6.07, 6.45) is 0.971. The van der Waals surface area contributed by atoms with Gasteiger partial charge in [0, 0.05) is 47.0 Å². The van der Waals surface area contributed by atoms with Crippen LogP contribution in [0, 0.1) is 0 Å². The van der Waals surface area contributed by atoms with Crippen molar-refractivity contribution in [3.8, 4) is 0 Å². The zero-order chi connectivity index (χ0) is 18.8. The molecule has 2 amide bonds. The van der Waals surface area contributed by atoms with E-state index in [0.717, 1.165) is 35.3 Å². The van der Waals surface area contributed by atoms with Crippen LogP contribution >= 0.6 is 22.9 Å². The number of amides is 2. The fourth-order valence-electron chi connectivity index (χ4n) is 3.12. The Balaban J connectivity index is 1.28. The number of aromatic amines is 1. The van der Waals surface area contributed by atoms with Gasteiger partial charge in [-0.25, -0.2) is 0 Å². The second kappa shape index (κ2) is 7.72. The Morgan fingerprint density at radius 2 is 1.93 bits per heavy atom. The fraction of sp³-hybridized carbons (Fsp3) is 0.263. The normalized spacial score (nSPS) is 13.4. The molecule has 1 aliphatic heterocycles. The number of H-pyrrole nitrogens is 1. The molecule has 0 unspecified atom stereocenters. The molecule has 0 bridgehead atoms. The lowest BCUT2D eigenvalue weighted by Gasteiger charge is -2.10.